The number of ether oxygens (including phenoxy) is 2. The zero-order chi connectivity index (χ0) is 17.8. The number of β-lactam (4-membered cyclic amide) rings is 1. The Morgan fingerprint density at radius 3 is 2.28 bits per heavy atom. The van der Waals surface area contributed by atoms with Crippen LogP contribution in [0.5, 0.6) is 0 Å². The lowest BCUT2D eigenvalue weighted by Crippen LogP contribution is -2.62. The topological polar surface area (TPSA) is 55.8 Å². The summed E-state index contributed by atoms with van der Waals surface area (Å²) in [7, 11) is 0. The Morgan fingerprint density at radius 2 is 1.68 bits per heavy atom. The normalized spacial score (nSPS) is 20.9. The Hall–Kier alpha value is -2.50. The third-order valence-corrected chi connectivity index (χ3v) is 4.17. The highest BCUT2D eigenvalue weighted by atomic mass is 16.7. The van der Waals surface area contributed by atoms with Crippen LogP contribution in [-0.2, 0) is 14.3 Å². The molecule has 0 saturated carbocycles. The molecule has 3 atom stereocenters. The maximum atomic E-state index is 12.8. The van der Waals surface area contributed by atoms with Crippen molar-refractivity contribution in [3.05, 3.63) is 71.8 Å². The average Bonchev–Trinajstić information content (AvgIpc) is 2.65. The van der Waals surface area contributed by atoms with Gasteiger partial charge in [0, 0.05) is 12.2 Å². The fourth-order valence-corrected chi connectivity index (χ4v) is 3.00. The van der Waals surface area contributed by atoms with Crippen molar-refractivity contribution >= 4 is 11.8 Å². The van der Waals surface area contributed by atoms with Crippen LogP contribution in [0.2, 0.25) is 0 Å². The van der Waals surface area contributed by atoms with E-state index < -0.39 is 18.4 Å². The Kier molecular flexibility index (Phi) is 5.26. The first kappa shape index (κ1) is 17.3. The van der Waals surface area contributed by atoms with Crippen molar-refractivity contribution in [3.63, 3.8) is 0 Å². The number of nitrogens with zero attached hydrogens (tertiary/aromatic N) is 1. The van der Waals surface area contributed by atoms with E-state index in [2.05, 4.69) is 0 Å². The van der Waals surface area contributed by atoms with Crippen molar-refractivity contribution in [3.8, 4) is 0 Å². The SMILES string of the molecule is CCO[C@@H](C)O[C@@H]1C(=O)N(C(=O)c2ccccc2)[C@@H]1c1ccccc1. The average molecular weight is 339 g/mol. The molecule has 25 heavy (non-hydrogen) atoms. The van der Waals surface area contributed by atoms with Gasteiger partial charge in [-0.05, 0) is 31.5 Å². The quantitative estimate of drug-likeness (QED) is 0.461. The Balaban J connectivity index is 1.87. The van der Waals surface area contributed by atoms with Gasteiger partial charge in [0.1, 0.15) is 6.04 Å². The summed E-state index contributed by atoms with van der Waals surface area (Å²) in [6.45, 7) is 4.10. The van der Waals surface area contributed by atoms with Crippen LogP contribution in [-0.4, -0.2) is 35.7 Å². The molecule has 2 aromatic rings. The minimum absolute atomic E-state index is 0.316. The van der Waals surface area contributed by atoms with Gasteiger partial charge in [-0.2, -0.15) is 0 Å². The lowest BCUT2D eigenvalue weighted by Gasteiger charge is -2.46. The van der Waals surface area contributed by atoms with E-state index in [9.17, 15) is 9.59 Å². The molecule has 0 unspecified atom stereocenters. The molecule has 5 heteroatoms. The van der Waals surface area contributed by atoms with Gasteiger partial charge in [-0.25, -0.2) is 0 Å². The third-order valence-electron chi connectivity index (χ3n) is 4.17. The van der Waals surface area contributed by atoms with Gasteiger partial charge in [-0.3, -0.25) is 14.5 Å². The van der Waals surface area contributed by atoms with E-state index in [0.29, 0.717) is 12.2 Å². The number of hydrogen-bond acceptors (Lipinski definition) is 4. The molecule has 0 aliphatic carbocycles. The van der Waals surface area contributed by atoms with E-state index >= 15 is 0 Å². The Labute approximate surface area is 147 Å². The predicted molar refractivity (Wildman–Crippen MR) is 92.8 cm³/mol. The van der Waals surface area contributed by atoms with Gasteiger partial charge in [-0.1, -0.05) is 48.5 Å². The number of carbonyl (C=O) groups excluding carboxylic acids is 2. The van der Waals surface area contributed by atoms with Crippen LogP contribution in [0.1, 0.15) is 35.8 Å². The number of imide groups is 1. The van der Waals surface area contributed by atoms with Crippen molar-refractivity contribution in [2.45, 2.75) is 32.3 Å². The van der Waals surface area contributed by atoms with E-state index in [1.807, 2.05) is 43.3 Å². The first-order chi connectivity index (χ1) is 12.1. The zero-order valence-electron chi connectivity index (χ0n) is 14.3. The van der Waals surface area contributed by atoms with Gasteiger partial charge in [0.2, 0.25) is 0 Å². The van der Waals surface area contributed by atoms with Crippen LogP contribution < -0.4 is 0 Å². The molecule has 5 nitrogen and oxygen atoms in total. The second-order valence-corrected chi connectivity index (χ2v) is 5.81. The van der Waals surface area contributed by atoms with Crippen LogP contribution in [0.25, 0.3) is 0 Å². The molecule has 1 aliphatic rings. The van der Waals surface area contributed by atoms with Gasteiger partial charge in [0.15, 0.2) is 12.4 Å². The van der Waals surface area contributed by atoms with E-state index in [1.54, 1.807) is 31.2 Å². The molecule has 1 heterocycles. The molecular weight excluding hydrogens is 318 g/mol. The highest BCUT2D eigenvalue weighted by Gasteiger charge is 2.53. The molecule has 2 aromatic carbocycles. The van der Waals surface area contributed by atoms with Gasteiger partial charge in [-0.15, -0.1) is 0 Å². The molecule has 1 aliphatic heterocycles. The van der Waals surface area contributed by atoms with Crippen LogP contribution in [0.4, 0.5) is 0 Å². The Bertz CT molecular complexity index is 732. The fraction of sp³-hybridized carbons (Fsp3) is 0.300. The number of likely N-dealkylation sites (tertiary alicyclic amines) is 1. The van der Waals surface area contributed by atoms with E-state index in [-0.39, 0.29) is 11.8 Å². The van der Waals surface area contributed by atoms with Crippen molar-refractivity contribution in [2.24, 2.45) is 0 Å². The summed E-state index contributed by atoms with van der Waals surface area (Å²) in [4.78, 5) is 26.7. The number of benzene rings is 2. The summed E-state index contributed by atoms with van der Waals surface area (Å²) >= 11 is 0. The molecule has 0 aromatic heterocycles. The standard InChI is InChI=1S/C20H21NO4/c1-3-24-14(2)25-18-17(15-10-6-4-7-11-15)21(20(18)23)19(22)16-12-8-5-9-13-16/h4-14,17-18H,3H2,1-2H3/t14-,17-,18+/m1/s1. The number of hydrogen-bond donors (Lipinski definition) is 0. The number of rotatable bonds is 6. The van der Waals surface area contributed by atoms with Crippen LogP contribution in [0.15, 0.2) is 60.7 Å². The smallest absolute Gasteiger partial charge is 0.261 e. The molecule has 1 saturated heterocycles. The van der Waals surface area contributed by atoms with Gasteiger partial charge >= 0.3 is 0 Å². The van der Waals surface area contributed by atoms with Crippen molar-refractivity contribution in [2.75, 3.05) is 6.61 Å². The minimum Gasteiger partial charge on any atom is -0.353 e. The summed E-state index contributed by atoms with van der Waals surface area (Å²) in [5, 5.41) is 0. The molecule has 3 rings (SSSR count). The molecule has 0 radical (unpaired) electrons. The van der Waals surface area contributed by atoms with E-state index in [4.69, 9.17) is 9.47 Å². The van der Waals surface area contributed by atoms with E-state index in [1.165, 1.54) is 4.90 Å². The fourth-order valence-electron chi connectivity index (χ4n) is 3.00. The minimum atomic E-state index is -0.725. The predicted octanol–water partition coefficient (Wildman–Crippen LogP) is 3.18. The van der Waals surface area contributed by atoms with Gasteiger partial charge in [0.05, 0.1) is 0 Å². The summed E-state index contributed by atoms with van der Waals surface area (Å²) in [6.07, 6.45) is -1.24. The highest BCUT2D eigenvalue weighted by molar-refractivity contribution is 6.10. The van der Waals surface area contributed by atoms with Crippen molar-refractivity contribution in [1.82, 2.24) is 4.90 Å². The molecule has 0 spiro atoms. The Morgan fingerprint density at radius 1 is 1.08 bits per heavy atom. The second-order valence-electron chi connectivity index (χ2n) is 5.81. The summed E-state index contributed by atoms with van der Waals surface area (Å²) < 4.78 is 11.1. The lowest BCUT2D eigenvalue weighted by atomic mass is 9.89. The van der Waals surface area contributed by atoms with Crippen molar-refractivity contribution < 1.29 is 19.1 Å². The lowest BCUT2D eigenvalue weighted by molar-refractivity contribution is -0.209. The van der Waals surface area contributed by atoms with Crippen LogP contribution in [0, 0.1) is 0 Å². The van der Waals surface area contributed by atoms with Crippen molar-refractivity contribution in [1.29, 1.82) is 0 Å². The maximum Gasteiger partial charge on any atom is 0.261 e. The monoisotopic (exact) mass is 339 g/mol. The molecule has 0 N–H and O–H groups in total. The molecule has 1 fully saturated rings. The first-order valence-corrected chi connectivity index (χ1v) is 8.38. The van der Waals surface area contributed by atoms with Crippen LogP contribution >= 0.6 is 0 Å². The zero-order valence-corrected chi connectivity index (χ0v) is 14.3. The maximum absolute atomic E-state index is 12.8. The largest absolute Gasteiger partial charge is 0.353 e. The number of amides is 2. The second kappa shape index (κ2) is 7.59. The molecule has 0 bridgehead atoms. The summed E-state index contributed by atoms with van der Waals surface area (Å²) in [6, 6.07) is 17.8. The highest BCUT2D eigenvalue weighted by Crippen LogP contribution is 2.38. The first-order valence-electron chi connectivity index (χ1n) is 8.38. The molecular formula is C20H21NO4. The van der Waals surface area contributed by atoms with Gasteiger partial charge in [0.25, 0.3) is 11.8 Å². The van der Waals surface area contributed by atoms with Gasteiger partial charge < -0.3 is 9.47 Å². The van der Waals surface area contributed by atoms with Crippen LogP contribution in [0.3, 0.4) is 0 Å². The summed E-state index contributed by atoms with van der Waals surface area (Å²) in [5.41, 5.74) is 1.34. The number of carbonyl (C=O) groups is 2. The summed E-state index contributed by atoms with van der Waals surface area (Å²) in [5.74, 6) is -0.655. The molecule has 2 amide bonds. The third kappa shape index (κ3) is 3.48. The van der Waals surface area contributed by atoms with E-state index in [0.717, 1.165) is 5.56 Å². The molecule has 130 valence electrons.